The molecule has 5 nitrogen and oxygen atoms in total. The van der Waals surface area contributed by atoms with E-state index in [0.717, 1.165) is 88.4 Å². The molecule has 0 atom stereocenters. The molecule has 2 aliphatic rings. The van der Waals surface area contributed by atoms with Crippen molar-refractivity contribution in [3.05, 3.63) is 271 Å². The molecule has 14 aromatic rings. The Kier molecular flexibility index (Phi) is 8.89. The summed E-state index contributed by atoms with van der Waals surface area (Å²) in [5, 5.41) is 3.91. The molecule has 0 fully saturated rings. The summed E-state index contributed by atoms with van der Waals surface area (Å²) in [4.78, 5) is 15.9. The summed E-state index contributed by atoms with van der Waals surface area (Å²) in [6.07, 6.45) is 0. The molecule has 3 heterocycles. The molecule has 0 unspecified atom stereocenters. The van der Waals surface area contributed by atoms with E-state index >= 15 is 0 Å². The maximum absolute atomic E-state index is 6.65. The van der Waals surface area contributed by atoms with Crippen LogP contribution in [0.25, 0.3) is 134 Å². The fourth-order valence-corrected chi connectivity index (χ4v) is 12.5. The van der Waals surface area contributed by atoms with Gasteiger partial charge in [0.15, 0.2) is 17.5 Å². The first-order valence-corrected chi connectivity index (χ1v) is 25.5. The van der Waals surface area contributed by atoms with Gasteiger partial charge in [0.25, 0.3) is 0 Å². The molecule has 0 bridgehead atoms. The highest BCUT2D eigenvalue weighted by Crippen LogP contribution is 2.63. The predicted octanol–water partition coefficient (Wildman–Crippen LogP) is 18.0. The van der Waals surface area contributed by atoms with Gasteiger partial charge in [-0.05, 0) is 120 Å². The van der Waals surface area contributed by atoms with Gasteiger partial charge in [0.2, 0.25) is 0 Å². The Morgan fingerprint density at radius 1 is 0.240 bits per heavy atom. The minimum absolute atomic E-state index is 0.373. The van der Waals surface area contributed by atoms with Gasteiger partial charge in [-0.25, -0.2) is 15.0 Å². The summed E-state index contributed by atoms with van der Waals surface area (Å²) in [5.41, 5.74) is 22.7. The number of aromatic nitrogens is 3. The third-order valence-electron chi connectivity index (χ3n) is 15.8. The predicted molar refractivity (Wildman–Crippen MR) is 303 cm³/mol. The third kappa shape index (κ3) is 6.16. The van der Waals surface area contributed by atoms with E-state index in [1.807, 2.05) is 48.5 Å². The van der Waals surface area contributed by atoms with E-state index < -0.39 is 0 Å². The van der Waals surface area contributed by atoms with Gasteiger partial charge in [0.1, 0.15) is 22.3 Å². The normalized spacial score (nSPS) is 12.9. The molecule has 348 valence electrons. The summed E-state index contributed by atoms with van der Waals surface area (Å²) in [6, 6.07) is 88.7. The maximum atomic E-state index is 6.65. The van der Waals surface area contributed by atoms with Crippen LogP contribution in [-0.2, 0) is 5.41 Å². The van der Waals surface area contributed by atoms with Crippen LogP contribution in [0.3, 0.4) is 0 Å². The van der Waals surface area contributed by atoms with Crippen molar-refractivity contribution in [1.82, 2.24) is 15.0 Å². The Morgan fingerprint density at radius 3 is 1.32 bits per heavy atom. The van der Waals surface area contributed by atoms with Crippen LogP contribution in [0.2, 0.25) is 0 Å². The fraction of sp³-hybridized carbons (Fsp3) is 0.0143. The van der Waals surface area contributed by atoms with Crippen molar-refractivity contribution in [1.29, 1.82) is 0 Å². The fourth-order valence-electron chi connectivity index (χ4n) is 12.5. The molecule has 0 saturated heterocycles. The van der Waals surface area contributed by atoms with Crippen molar-refractivity contribution in [3.63, 3.8) is 0 Å². The standard InChI is InChI=1S/C70H41N3O2/c1-2-15-42(16-3-1)43-31-33-44(34-32-43)67-71-68(53-23-13-29-63-65(53)52-22-7-11-28-61(52)74-63)73-69(72-67)54-24-14-30-64-66(54)56-41-48(36-38-62(56)75-64)46-18-12-17-45(39-46)47-35-37-60-55(40-47)51-21-6-10-27-59(51)70(60)57-25-8-4-19-49(57)50-20-5-9-26-58(50)70/h1-41H. The number of fused-ring (bicyclic) bond motifs is 16. The van der Waals surface area contributed by atoms with E-state index in [0.29, 0.717) is 17.5 Å². The lowest BCUT2D eigenvalue weighted by Crippen LogP contribution is -2.25. The van der Waals surface area contributed by atoms with E-state index in [2.05, 4.69) is 200 Å². The molecule has 16 rings (SSSR count). The zero-order valence-corrected chi connectivity index (χ0v) is 40.3. The Balaban J connectivity index is 0.826. The minimum Gasteiger partial charge on any atom is -0.456 e. The highest BCUT2D eigenvalue weighted by molar-refractivity contribution is 6.14. The van der Waals surface area contributed by atoms with Crippen molar-refractivity contribution in [2.75, 3.05) is 0 Å². The molecular formula is C70H41N3O2. The van der Waals surface area contributed by atoms with Crippen molar-refractivity contribution in [2.24, 2.45) is 0 Å². The van der Waals surface area contributed by atoms with Gasteiger partial charge in [0.05, 0.1) is 5.41 Å². The molecule has 0 saturated carbocycles. The van der Waals surface area contributed by atoms with E-state index in [1.54, 1.807) is 0 Å². The number of hydrogen-bond acceptors (Lipinski definition) is 5. The summed E-state index contributed by atoms with van der Waals surface area (Å²) in [5.74, 6) is 1.69. The Labute approximate surface area is 431 Å². The largest absolute Gasteiger partial charge is 0.456 e. The lowest BCUT2D eigenvalue weighted by molar-refractivity contribution is 0.668. The zero-order valence-electron chi connectivity index (χ0n) is 40.3. The molecule has 0 N–H and O–H groups in total. The van der Waals surface area contributed by atoms with Crippen LogP contribution in [0.1, 0.15) is 22.3 Å². The summed E-state index contributed by atoms with van der Waals surface area (Å²) < 4.78 is 13.0. The van der Waals surface area contributed by atoms with Crippen molar-refractivity contribution in [3.8, 4) is 89.8 Å². The molecule has 0 aliphatic heterocycles. The van der Waals surface area contributed by atoms with Gasteiger partial charge in [-0.1, -0.05) is 206 Å². The Morgan fingerprint density at radius 2 is 0.653 bits per heavy atom. The molecule has 0 amide bonds. The first-order valence-electron chi connectivity index (χ1n) is 25.5. The average molecular weight is 956 g/mol. The highest BCUT2D eigenvalue weighted by atomic mass is 16.3. The molecule has 5 heteroatoms. The number of hydrogen-bond donors (Lipinski definition) is 0. The minimum atomic E-state index is -0.373. The van der Waals surface area contributed by atoms with Crippen molar-refractivity contribution in [2.45, 2.75) is 5.41 Å². The second kappa shape index (κ2) is 16.0. The van der Waals surface area contributed by atoms with Gasteiger partial charge in [-0.15, -0.1) is 0 Å². The van der Waals surface area contributed by atoms with Gasteiger partial charge >= 0.3 is 0 Å². The molecule has 75 heavy (non-hydrogen) atoms. The maximum Gasteiger partial charge on any atom is 0.164 e. The summed E-state index contributed by atoms with van der Waals surface area (Å²) in [7, 11) is 0. The van der Waals surface area contributed by atoms with Gasteiger partial charge in [-0.2, -0.15) is 0 Å². The summed E-state index contributed by atoms with van der Waals surface area (Å²) in [6.45, 7) is 0. The average Bonchev–Trinajstić information content (AvgIpc) is 4.42. The monoisotopic (exact) mass is 955 g/mol. The highest BCUT2D eigenvalue weighted by Gasteiger charge is 2.51. The molecule has 2 aliphatic carbocycles. The van der Waals surface area contributed by atoms with Gasteiger partial charge < -0.3 is 8.83 Å². The van der Waals surface area contributed by atoms with E-state index in [1.165, 1.54) is 50.1 Å². The quantitative estimate of drug-likeness (QED) is 0.166. The Bertz CT molecular complexity index is 4620. The van der Waals surface area contributed by atoms with Crippen LogP contribution in [0.4, 0.5) is 0 Å². The first kappa shape index (κ1) is 41.6. The van der Waals surface area contributed by atoms with Crippen LogP contribution in [0, 0.1) is 0 Å². The van der Waals surface area contributed by atoms with Crippen LogP contribution in [0.5, 0.6) is 0 Å². The SMILES string of the molecule is c1ccc(-c2ccc(-c3nc(-c4cccc5oc6ccccc6c45)nc(-c4cccc5oc6ccc(-c7cccc(-c8ccc9c(c8)-c8ccccc8C98c9ccccc9-c9ccccc98)c7)cc6c45)n3)cc2)cc1. The second-order valence-electron chi connectivity index (χ2n) is 19.7. The molecule has 0 radical (unpaired) electrons. The van der Waals surface area contributed by atoms with Crippen molar-refractivity contribution >= 4 is 43.9 Å². The van der Waals surface area contributed by atoms with E-state index in [-0.39, 0.29) is 5.41 Å². The lowest BCUT2D eigenvalue weighted by Gasteiger charge is -2.30. The molecule has 3 aromatic heterocycles. The second-order valence-corrected chi connectivity index (χ2v) is 19.7. The number of nitrogens with zero attached hydrogens (tertiary/aromatic N) is 3. The molecule has 11 aromatic carbocycles. The molecular weight excluding hydrogens is 915 g/mol. The number of furan rings is 2. The van der Waals surface area contributed by atoms with Crippen LogP contribution in [-0.4, -0.2) is 15.0 Å². The van der Waals surface area contributed by atoms with Crippen LogP contribution in [0.15, 0.2) is 258 Å². The topological polar surface area (TPSA) is 65.0 Å². The zero-order chi connectivity index (χ0) is 49.2. The van der Waals surface area contributed by atoms with Crippen molar-refractivity contribution < 1.29 is 8.83 Å². The lowest BCUT2D eigenvalue weighted by atomic mass is 9.70. The number of rotatable bonds is 6. The first-order chi connectivity index (χ1) is 37.2. The molecule has 1 spiro atoms. The van der Waals surface area contributed by atoms with Gasteiger partial charge in [0, 0.05) is 38.2 Å². The third-order valence-corrected chi connectivity index (χ3v) is 15.8. The summed E-state index contributed by atoms with van der Waals surface area (Å²) >= 11 is 0. The van der Waals surface area contributed by atoms with E-state index in [4.69, 9.17) is 23.8 Å². The number of para-hydroxylation sites is 1. The Hall–Kier alpha value is -9.97. The number of benzene rings is 11. The smallest absolute Gasteiger partial charge is 0.164 e. The van der Waals surface area contributed by atoms with Crippen LogP contribution >= 0.6 is 0 Å². The van der Waals surface area contributed by atoms with Crippen LogP contribution < -0.4 is 0 Å². The van der Waals surface area contributed by atoms with E-state index in [9.17, 15) is 0 Å². The van der Waals surface area contributed by atoms with Gasteiger partial charge in [-0.3, -0.25) is 0 Å².